The first-order valence-corrected chi connectivity index (χ1v) is 6.37. The van der Waals surface area contributed by atoms with E-state index in [-0.39, 0.29) is 18.3 Å². The minimum Gasteiger partial charge on any atom is -0.482 e. The number of hydrogen-bond acceptors (Lipinski definition) is 4. The number of carbonyl (C=O) groups excluding carboxylic acids is 2. The summed E-state index contributed by atoms with van der Waals surface area (Å²) in [4.78, 5) is 24.6. The molecule has 0 bridgehead atoms. The molecule has 0 aliphatic carbocycles. The maximum atomic E-state index is 11.9. The smallest absolute Gasteiger partial charge is 0.265 e. The van der Waals surface area contributed by atoms with Crippen molar-refractivity contribution >= 4 is 17.4 Å². The van der Waals surface area contributed by atoms with Crippen molar-refractivity contribution in [1.82, 2.24) is 0 Å². The molecule has 0 spiro atoms. The first kappa shape index (κ1) is 13.5. The number of carbonyl (C=O) groups is 2. The minimum atomic E-state index is -0.0785. The Balaban J connectivity index is 2.18. The lowest BCUT2D eigenvalue weighted by molar-refractivity contribution is -0.121. The molecule has 1 aromatic carbocycles. The van der Waals surface area contributed by atoms with Gasteiger partial charge in [-0.05, 0) is 31.0 Å². The second-order valence-corrected chi connectivity index (χ2v) is 4.65. The van der Waals surface area contributed by atoms with Gasteiger partial charge in [-0.2, -0.15) is 0 Å². The largest absolute Gasteiger partial charge is 0.482 e. The monoisotopic (exact) mass is 262 g/mol. The van der Waals surface area contributed by atoms with Crippen LogP contribution in [0.3, 0.4) is 0 Å². The zero-order chi connectivity index (χ0) is 13.8. The molecule has 0 aromatic heterocycles. The van der Waals surface area contributed by atoms with E-state index in [4.69, 9.17) is 10.5 Å². The maximum Gasteiger partial charge on any atom is 0.265 e. The highest BCUT2D eigenvalue weighted by Gasteiger charge is 2.25. The predicted octanol–water partition coefficient (Wildman–Crippen LogP) is 1.24. The van der Waals surface area contributed by atoms with Crippen LogP contribution in [0, 0.1) is 0 Å². The number of ether oxygens (including phenoxy) is 1. The molecular weight excluding hydrogens is 244 g/mol. The number of fused-ring (bicyclic) bond motifs is 1. The Morgan fingerprint density at radius 3 is 2.95 bits per heavy atom. The highest BCUT2D eigenvalue weighted by atomic mass is 16.5. The summed E-state index contributed by atoms with van der Waals surface area (Å²) >= 11 is 0. The van der Waals surface area contributed by atoms with Crippen molar-refractivity contribution in [1.29, 1.82) is 0 Å². The SMILES string of the molecule is CC(=O)CCCN1C(=O)COc2ccc(CN)cc21. The third-order valence-electron chi connectivity index (χ3n) is 3.11. The van der Waals surface area contributed by atoms with Gasteiger partial charge in [-0.15, -0.1) is 0 Å². The molecule has 2 rings (SSSR count). The Labute approximate surface area is 112 Å². The molecule has 1 aromatic rings. The van der Waals surface area contributed by atoms with Gasteiger partial charge in [0.1, 0.15) is 11.5 Å². The predicted molar refractivity (Wildman–Crippen MR) is 72.1 cm³/mol. The van der Waals surface area contributed by atoms with Crippen LogP contribution in [0.4, 0.5) is 5.69 Å². The van der Waals surface area contributed by atoms with Crippen LogP contribution in [-0.2, 0) is 16.1 Å². The van der Waals surface area contributed by atoms with Crippen molar-refractivity contribution in [3.8, 4) is 5.75 Å². The summed E-state index contributed by atoms with van der Waals surface area (Å²) < 4.78 is 5.39. The average Bonchev–Trinajstić information content (AvgIpc) is 2.40. The van der Waals surface area contributed by atoms with E-state index in [2.05, 4.69) is 0 Å². The van der Waals surface area contributed by atoms with E-state index in [1.54, 1.807) is 11.8 Å². The average molecular weight is 262 g/mol. The minimum absolute atomic E-state index is 0.0506. The fraction of sp³-hybridized carbons (Fsp3) is 0.429. The number of Topliss-reactive ketones (excluding diaryl/α,β-unsaturated/α-hetero) is 1. The fourth-order valence-electron chi connectivity index (χ4n) is 2.11. The van der Waals surface area contributed by atoms with Crippen LogP contribution in [0.25, 0.3) is 0 Å². The summed E-state index contributed by atoms with van der Waals surface area (Å²) in [6.45, 7) is 2.56. The van der Waals surface area contributed by atoms with E-state index in [1.165, 1.54) is 0 Å². The number of benzene rings is 1. The first-order chi connectivity index (χ1) is 9.11. The van der Waals surface area contributed by atoms with E-state index >= 15 is 0 Å². The second-order valence-electron chi connectivity index (χ2n) is 4.65. The molecule has 0 atom stereocenters. The van der Waals surface area contributed by atoms with Gasteiger partial charge in [-0.1, -0.05) is 6.07 Å². The quantitative estimate of drug-likeness (QED) is 0.866. The number of rotatable bonds is 5. The number of anilines is 1. The summed E-state index contributed by atoms with van der Waals surface area (Å²) in [5.41, 5.74) is 7.32. The van der Waals surface area contributed by atoms with Crippen molar-refractivity contribution < 1.29 is 14.3 Å². The fourth-order valence-corrected chi connectivity index (χ4v) is 2.11. The zero-order valence-electron chi connectivity index (χ0n) is 11.0. The van der Waals surface area contributed by atoms with E-state index < -0.39 is 0 Å². The molecule has 1 heterocycles. The van der Waals surface area contributed by atoms with E-state index in [9.17, 15) is 9.59 Å². The Morgan fingerprint density at radius 1 is 1.47 bits per heavy atom. The molecule has 1 aliphatic rings. The molecule has 2 N–H and O–H groups in total. The summed E-state index contributed by atoms with van der Waals surface area (Å²) in [6.07, 6.45) is 1.14. The molecular formula is C14H18N2O3. The number of amides is 1. The third kappa shape index (κ3) is 3.12. The van der Waals surface area contributed by atoms with Crippen LogP contribution in [0.15, 0.2) is 18.2 Å². The van der Waals surface area contributed by atoms with Gasteiger partial charge < -0.3 is 20.2 Å². The number of nitrogens with two attached hydrogens (primary N) is 1. The van der Waals surface area contributed by atoms with Gasteiger partial charge >= 0.3 is 0 Å². The van der Waals surface area contributed by atoms with Crippen molar-refractivity contribution in [2.24, 2.45) is 5.73 Å². The van der Waals surface area contributed by atoms with Crippen LogP contribution >= 0.6 is 0 Å². The molecule has 0 unspecified atom stereocenters. The topological polar surface area (TPSA) is 72.6 Å². The van der Waals surface area contributed by atoms with Crippen LogP contribution in [0.5, 0.6) is 5.75 Å². The highest BCUT2D eigenvalue weighted by molar-refractivity contribution is 5.98. The summed E-state index contributed by atoms with van der Waals surface area (Å²) in [6, 6.07) is 5.60. The summed E-state index contributed by atoms with van der Waals surface area (Å²) in [5.74, 6) is 0.751. The second kappa shape index (κ2) is 5.84. The highest BCUT2D eigenvalue weighted by Crippen LogP contribution is 2.33. The summed E-state index contributed by atoms with van der Waals surface area (Å²) in [5, 5.41) is 0. The van der Waals surface area contributed by atoms with Gasteiger partial charge in [-0.25, -0.2) is 0 Å². The Kier molecular flexibility index (Phi) is 4.16. The number of ketones is 1. The van der Waals surface area contributed by atoms with Crippen molar-refractivity contribution in [2.45, 2.75) is 26.3 Å². The Morgan fingerprint density at radius 2 is 2.26 bits per heavy atom. The Bertz CT molecular complexity index is 499. The lowest BCUT2D eigenvalue weighted by Gasteiger charge is -2.29. The molecule has 5 heteroatoms. The lowest BCUT2D eigenvalue weighted by atomic mass is 10.1. The van der Waals surface area contributed by atoms with Crippen molar-refractivity contribution in [3.05, 3.63) is 23.8 Å². The Hall–Kier alpha value is -1.88. The van der Waals surface area contributed by atoms with Gasteiger partial charge in [0.25, 0.3) is 5.91 Å². The van der Waals surface area contributed by atoms with Gasteiger partial charge in [-0.3, -0.25) is 4.79 Å². The van der Waals surface area contributed by atoms with E-state index in [0.29, 0.717) is 31.7 Å². The van der Waals surface area contributed by atoms with Gasteiger partial charge in [0.2, 0.25) is 0 Å². The van der Waals surface area contributed by atoms with Gasteiger partial charge in [0.05, 0.1) is 5.69 Å². The van der Waals surface area contributed by atoms with Crippen LogP contribution < -0.4 is 15.4 Å². The normalized spacial score (nSPS) is 14.0. The molecule has 1 amide bonds. The van der Waals surface area contributed by atoms with Gasteiger partial charge in [0, 0.05) is 19.5 Å². The first-order valence-electron chi connectivity index (χ1n) is 6.37. The number of nitrogens with zero attached hydrogens (tertiary/aromatic N) is 1. The van der Waals surface area contributed by atoms with E-state index in [1.807, 2.05) is 18.2 Å². The molecule has 1 aliphatic heterocycles. The van der Waals surface area contributed by atoms with E-state index in [0.717, 1.165) is 11.3 Å². The summed E-state index contributed by atoms with van der Waals surface area (Å²) in [7, 11) is 0. The molecule has 0 saturated carbocycles. The molecule has 0 radical (unpaired) electrons. The molecule has 0 saturated heterocycles. The van der Waals surface area contributed by atoms with Crippen molar-refractivity contribution in [3.63, 3.8) is 0 Å². The van der Waals surface area contributed by atoms with Gasteiger partial charge in [0.15, 0.2) is 6.61 Å². The molecule has 102 valence electrons. The van der Waals surface area contributed by atoms with Crippen LogP contribution in [0.1, 0.15) is 25.3 Å². The van der Waals surface area contributed by atoms with Crippen LogP contribution in [-0.4, -0.2) is 24.8 Å². The lowest BCUT2D eigenvalue weighted by Crippen LogP contribution is -2.39. The zero-order valence-corrected chi connectivity index (χ0v) is 11.0. The molecule has 0 fully saturated rings. The molecule has 5 nitrogen and oxygen atoms in total. The maximum absolute atomic E-state index is 11.9. The number of hydrogen-bond donors (Lipinski definition) is 1. The van der Waals surface area contributed by atoms with Crippen molar-refractivity contribution in [2.75, 3.05) is 18.1 Å². The third-order valence-corrected chi connectivity index (χ3v) is 3.11. The standard InChI is InChI=1S/C14H18N2O3/c1-10(17)3-2-6-16-12-7-11(8-15)4-5-13(12)19-9-14(16)18/h4-5,7H,2-3,6,8-9,15H2,1H3. The van der Waals surface area contributed by atoms with Crippen LogP contribution in [0.2, 0.25) is 0 Å². The molecule has 19 heavy (non-hydrogen) atoms.